The Morgan fingerprint density at radius 1 is 0.750 bits per heavy atom. The third-order valence-corrected chi connectivity index (χ3v) is 2.25. The Labute approximate surface area is 94.7 Å². The van der Waals surface area contributed by atoms with Gasteiger partial charge in [-0.3, -0.25) is 0 Å². The van der Waals surface area contributed by atoms with Crippen molar-refractivity contribution in [2.75, 3.05) is 0 Å². The molecule has 1 heteroatoms. The number of hydrogen-bond acceptors (Lipinski definition) is 0. The zero-order chi connectivity index (χ0) is 11.4. The molecule has 0 atom stereocenters. The molecular formula is C15H11F. The molecule has 2 aromatic carbocycles. The lowest BCUT2D eigenvalue weighted by Gasteiger charge is -1.92. The van der Waals surface area contributed by atoms with Crippen LogP contribution in [-0.2, 0) is 0 Å². The second kappa shape index (κ2) is 4.63. The zero-order valence-corrected chi connectivity index (χ0v) is 9.00. The molecule has 2 rings (SSSR count). The number of rotatable bonds is 0. The lowest BCUT2D eigenvalue weighted by molar-refractivity contribution is 0.627. The lowest BCUT2D eigenvalue weighted by Crippen LogP contribution is -1.78. The number of hydrogen-bond donors (Lipinski definition) is 0. The molecule has 0 radical (unpaired) electrons. The molecule has 0 nitrogen and oxygen atoms in total. The van der Waals surface area contributed by atoms with Crippen LogP contribution in [0.3, 0.4) is 0 Å². The van der Waals surface area contributed by atoms with Crippen molar-refractivity contribution < 1.29 is 4.39 Å². The first kappa shape index (κ1) is 10.4. The van der Waals surface area contributed by atoms with Gasteiger partial charge in [-0.25, -0.2) is 4.39 Å². The minimum Gasteiger partial charge on any atom is -0.207 e. The average Bonchev–Trinajstić information content (AvgIpc) is 2.30. The molecule has 16 heavy (non-hydrogen) atoms. The third-order valence-electron chi connectivity index (χ3n) is 2.25. The van der Waals surface area contributed by atoms with Gasteiger partial charge in [-0.05, 0) is 43.3 Å². The highest BCUT2D eigenvalue weighted by atomic mass is 19.1. The molecule has 0 fully saturated rings. The quantitative estimate of drug-likeness (QED) is 0.583. The van der Waals surface area contributed by atoms with Gasteiger partial charge in [0.15, 0.2) is 0 Å². The maximum Gasteiger partial charge on any atom is 0.123 e. The molecule has 0 unspecified atom stereocenters. The van der Waals surface area contributed by atoms with E-state index < -0.39 is 0 Å². The van der Waals surface area contributed by atoms with Gasteiger partial charge in [-0.2, -0.15) is 0 Å². The summed E-state index contributed by atoms with van der Waals surface area (Å²) in [6.45, 7) is 2.04. The highest BCUT2D eigenvalue weighted by Gasteiger charge is 1.89. The van der Waals surface area contributed by atoms with Gasteiger partial charge in [0, 0.05) is 11.1 Å². The zero-order valence-electron chi connectivity index (χ0n) is 9.00. The summed E-state index contributed by atoms with van der Waals surface area (Å²) in [5.74, 6) is 5.79. The van der Waals surface area contributed by atoms with E-state index >= 15 is 0 Å². The highest BCUT2D eigenvalue weighted by Crippen LogP contribution is 2.03. The Kier molecular flexibility index (Phi) is 3.03. The molecule has 0 saturated heterocycles. The molecule has 78 valence electrons. The van der Waals surface area contributed by atoms with Gasteiger partial charge >= 0.3 is 0 Å². The average molecular weight is 210 g/mol. The minimum absolute atomic E-state index is 0.235. The smallest absolute Gasteiger partial charge is 0.123 e. The van der Waals surface area contributed by atoms with Crippen LogP contribution in [0.15, 0.2) is 48.5 Å². The standard InChI is InChI=1S/C15H11F/c1-12-2-4-13(5-3-12)6-7-14-8-10-15(16)11-9-14/h2-5,8-11H,1H3. The molecule has 0 N–H and O–H groups in total. The molecule has 0 spiro atoms. The summed E-state index contributed by atoms with van der Waals surface area (Å²) in [5.41, 5.74) is 3.00. The Hall–Kier alpha value is -2.07. The molecule has 0 aliphatic rings. The van der Waals surface area contributed by atoms with Crippen molar-refractivity contribution in [1.82, 2.24) is 0 Å². The minimum atomic E-state index is -0.235. The normalized spacial score (nSPS) is 9.38. The predicted molar refractivity (Wildman–Crippen MR) is 63.6 cm³/mol. The van der Waals surface area contributed by atoms with E-state index in [-0.39, 0.29) is 5.82 Å². The van der Waals surface area contributed by atoms with Gasteiger partial charge < -0.3 is 0 Å². The summed E-state index contributed by atoms with van der Waals surface area (Å²) in [6.07, 6.45) is 0. The van der Waals surface area contributed by atoms with E-state index in [1.54, 1.807) is 12.1 Å². The van der Waals surface area contributed by atoms with Crippen molar-refractivity contribution in [2.45, 2.75) is 6.92 Å². The largest absolute Gasteiger partial charge is 0.207 e. The van der Waals surface area contributed by atoms with Gasteiger partial charge in [0.2, 0.25) is 0 Å². The molecule has 0 aliphatic heterocycles. The van der Waals surface area contributed by atoms with E-state index in [1.165, 1.54) is 17.7 Å². The van der Waals surface area contributed by atoms with Gasteiger partial charge in [-0.1, -0.05) is 29.5 Å². The number of benzene rings is 2. The Morgan fingerprint density at radius 3 is 1.69 bits per heavy atom. The Morgan fingerprint density at radius 2 is 1.19 bits per heavy atom. The first-order valence-corrected chi connectivity index (χ1v) is 5.08. The number of aryl methyl sites for hydroxylation is 1. The van der Waals surface area contributed by atoms with E-state index in [9.17, 15) is 4.39 Å². The fourth-order valence-corrected chi connectivity index (χ4v) is 1.31. The predicted octanol–water partition coefficient (Wildman–Crippen LogP) is 3.53. The first-order valence-electron chi connectivity index (χ1n) is 5.08. The van der Waals surface area contributed by atoms with Crippen molar-refractivity contribution >= 4 is 0 Å². The van der Waals surface area contributed by atoms with Crippen LogP contribution in [0, 0.1) is 24.6 Å². The molecule has 0 amide bonds. The van der Waals surface area contributed by atoms with Crippen molar-refractivity contribution in [3.63, 3.8) is 0 Å². The lowest BCUT2D eigenvalue weighted by atomic mass is 10.1. The topological polar surface area (TPSA) is 0 Å². The van der Waals surface area contributed by atoms with Gasteiger partial charge in [0.05, 0.1) is 0 Å². The van der Waals surface area contributed by atoms with E-state index in [0.29, 0.717) is 0 Å². The van der Waals surface area contributed by atoms with Crippen LogP contribution in [0.5, 0.6) is 0 Å². The molecular weight excluding hydrogens is 199 g/mol. The van der Waals surface area contributed by atoms with Gasteiger partial charge in [0.25, 0.3) is 0 Å². The van der Waals surface area contributed by atoms with E-state index in [0.717, 1.165) is 11.1 Å². The molecule has 0 bridgehead atoms. The Balaban J connectivity index is 2.21. The van der Waals surface area contributed by atoms with Crippen LogP contribution >= 0.6 is 0 Å². The van der Waals surface area contributed by atoms with Crippen LogP contribution in [0.1, 0.15) is 16.7 Å². The van der Waals surface area contributed by atoms with Crippen LogP contribution in [0.4, 0.5) is 4.39 Å². The molecule has 0 saturated carbocycles. The maximum absolute atomic E-state index is 12.6. The second-order valence-corrected chi connectivity index (χ2v) is 3.62. The summed E-state index contributed by atoms with van der Waals surface area (Å²) >= 11 is 0. The summed E-state index contributed by atoms with van der Waals surface area (Å²) in [4.78, 5) is 0. The number of halogens is 1. The first-order chi connectivity index (χ1) is 7.74. The van der Waals surface area contributed by atoms with Crippen LogP contribution in [-0.4, -0.2) is 0 Å². The van der Waals surface area contributed by atoms with Crippen LogP contribution in [0.25, 0.3) is 0 Å². The fraction of sp³-hybridized carbons (Fsp3) is 0.0667. The van der Waals surface area contributed by atoms with Gasteiger partial charge in [0.1, 0.15) is 5.82 Å². The molecule has 2 aromatic rings. The summed E-state index contributed by atoms with van der Waals surface area (Å²) in [7, 11) is 0. The van der Waals surface area contributed by atoms with Crippen molar-refractivity contribution in [3.8, 4) is 11.8 Å². The summed E-state index contributed by atoms with van der Waals surface area (Å²) < 4.78 is 12.6. The van der Waals surface area contributed by atoms with E-state index in [4.69, 9.17) is 0 Å². The third kappa shape index (κ3) is 2.71. The molecule has 0 heterocycles. The summed E-state index contributed by atoms with van der Waals surface area (Å²) in [6, 6.07) is 14.2. The van der Waals surface area contributed by atoms with E-state index in [1.807, 2.05) is 31.2 Å². The van der Waals surface area contributed by atoms with Crippen LogP contribution < -0.4 is 0 Å². The van der Waals surface area contributed by atoms with Crippen molar-refractivity contribution in [3.05, 3.63) is 71.0 Å². The van der Waals surface area contributed by atoms with Crippen molar-refractivity contribution in [1.29, 1.82) is 0 Å². The van der Waals surface area contributed by atoms with Crippen LogP contribution in [0.2, 0.25) is 0 Å². The summed E-state index contributed by atoms with van der Waals surface area (Å²) in [5, 5.41) is 0. The van der Waals surface area contributed by atoms with Crippen molar-refractivity contribution in [2.24, 2.45) is 0 Å². The molecule has 0 aromatic heterocycles. The van der Waals surface area contributed by atoms with E-state index in [2.05, 4.69) is 11.8 Å². The highest BCUT2D eigenvalue weighted by molar-refractivity contribution is 5.43. The maximum atomic E-state index is 12.6. The SMILES string of the molecule is Cc1ccc(C#Cc2ccc(F)cc2)cc1. The second-order valence-electron chi connectivity index (χ2n) is 3.62. The fourth-order valence-electron chi connectivity index (χ4n) is 1.31. The molecule has 0 aliphatic carbocycles. The Bertz CT molecular complexity index is 475. The monoisotopic (exact) mass is 210 g/mol. The van der Waals surface area contributed by atoms with Gasteiger partial charge in [-0.15, -0.1) is 0 Å².